The summed E-state index contributed by atoms with van der Waals surface area (Å²) in [5, 5.41) is 0. The number of nitrogens with zero attached hydrogens (tertiary/aromatic N) is 1. The Labute approximate surface area is 120 Å². The Kier molecular flexibility index (Phi) is 3.19. The normalized spacial score (nSPS) is 12.3. The third-order valence-electron chi connectivity index (χ3n) is 3.18. The molecule has 0 aliphatic heterocycles. The minimum Gasteiger partial charge on any atom is -0.472 e. The molecular weight excluding hydrogens is 294 g/mol. The van der Waals surface area contributed by atoms with Gasteiger partial charge in [-0.3, -0.25) is 0 Å². The number of H-pyrrole nitrogens is 2. The van der Waals surface area contributed by atoms with Gasteiger partial charge in [0.1, 0.15) is 0 Å². The molecule has 7 nitrogen and oxygen atoms in total. The monoisotopic (exact) mass is 307 g/mol. The second-order valence-corrected chi connectivity index (χ2v) is 6.72. The predicted molar refractivity (Wildman–Crippen MR) is 76.3 cm³/mol. The number of rotatable bonds is 4. The van der Waals surface area contributed by atoms with Gasteiger partial charge < -0.3 is 14.4 Å². The van der Waals surface area contributed by atoms with E-state index in [9.17, 15) is 13.2 Å². The fraction of sp³-hybridized carbons (Fsp3) is 0.154. The molecule has 0 saturated heterocycles. The molecule has 3 rings (SSSR count). The van der Waals surface area contributed by atoms with Crippen LogP contribution in [0.3, 0.4) is 0 Å². The highest BCUT2D eigenvalue weighted by Crippen LogP contribution is 2.20. The standard InChI is InChI=1S/C13H13N3O4S/c1-16(7-9-4-5-20-8-9)21(18,19)10-2-3-11-12(6-10)15-13(17)14-11/h2-6,8H,7H2,1H3,(H2,14,15,17). The van der Waals surface area contributed by atoms with E-state index in [0.717, 1.165) is 5.56 Å². The van der Waals surface area contributed by atoms with Crippen molar-refractivity contribution in [2.24, 2.45) is 0 Å². The first-order chi connectivity index (χ1) is 9.96. The van der Waals surface area contributed by atoms with Gasteiger partial charge in [0.15, 0.2) is 0 Å². The van der Waals surface area contributed by atoms with E-state index in [1.165, 1.54) is 36.0 Å². The van der Waals surface area contributed by atoms with Crippen LogP contribution in [0.4, 0.5) is 0 Å². The summed E-state index contributed by atoms with van der Waals surface area (Å²) >= 11 is 0. The Balaban J connectivity index is 1.96. The van der Waals surface area contributed by atoms with E-state index in [1.807, 2.05) is 0 Å². The van der Waals surface area contributed by atoms with Gasteiger partial charge >= 0.3 is 5.69 Å². The van der Waals surface area contributed by atoms with Crippen molar-refractivity contribution in [1.82, 2.24) is 14.3 Å². The fourth-order valence-corrected chi connectivity index (χ4v) is 3.26. The number of furan rings is 1. The summed E-state index contributed by atoms with van der Waals surface area (Å²) < 4.78 is 31.2. The van der Waals surface area contributed by atoms with Crippen LogP contribution in [0, 0.1) is 0 Å². The molecule has 21 heavy (non-hydrogen) atoms. The van der Waals surface area contributed by atoms with Crippen molar-refractivity contribution in [2.45, 2.75) is 11.4 Å². The zero-order valence-electron chi connectivity index (χ0n) is 11.2. The average Bonchev–Trinajstić information content (AvgIpc) is 3.05. The third kappa shape index (κ3) is 2.50. The van der Waals surface area contributed by atoms with Crippen molar-refractivity contribution in [3.8, 4) is 0 Å². The van der Waals surface area contributed by atoms with E-state index < -0.39 is 10.0 Å². The second-order valence-electron chi connectivity index (χ2n) is 4.68. The molecule has 0 amide bonds. The molecular formula is C13H13N3O4S. The van der Waals surface area contributed by atoms with Crippen LogP contribution in [0.5, 0.6) is 0 Å². The third-order valence-corrected chi connectivity index (χ3v) is 4.98. The quantitative estimate of drug-likeness (QED) is 0.758. The minimum absolute atomic E-state index is 0.122. The molecule has 0 bridgehead atoms. The molecule has 0 fully saturated rings. The van der Waals surface area contributed by atoms with Crippen LogP contribution in [0.1, 0.15) is 5.56 Å². The molecule has 1 aromatic carbocycles. The number of aromatic nitrogens is 2. The largest absolute Gasteiger partial charge is 0.472 e. The molecule has 0 unspecified atom stereocenters. The van der Waals surface area contributed by atoms with E-state index in [1.54, 1.807) is 12.1 Å². The lowest BCUT2D eigenvalue weighted by Gasteiger charge is -2.16. The van der Waals surface area contributed by atoms with Crippen molar-refractivity contribution in [3.63, 3.8) is 0 Å². The second kappa shape index (κ2) is 4.90. The van der Waals surface area contributed by atoms with Crippen LogP contribution in [0.25, 0.3) is 11.0 Å². The Bertz CT molecular complexity index is 922. The lowest BCUT2D eigenvalue weighted by Crippen LogP contribution is -2.26. The van der Waals surface area contributed by atoms with Crippen molar-refractivity contribution >= 4 is 21.1 Å². The summed E-state index contributed by atoms with van der Waals surface area (Å²) in [5.41, 5.74) is 1.41. The first kappa shape index (κ1) is 13.7. The van der Waals surface area contributed by atoms with Gasteiger partial charge in [-0.05, 0) is 24.3 Å². The minimum atomic E-state index is -3.64. The van der Waals surface area contributed by atoms with Gasteiger partial charge in [0, 0.05) is 19.2 Å². The average molecular weight is 307 g/mol. The first-order valence-corrected chi connectivity index (χ1v) is 7.60. The summed E-state index contributed by atoms with van der Waals surface area (Å²) in [6.45, 7) is 0.209. The fourth-order valence-electron chi connectivity index (χ4n) is 2.08. The lowest BCUT2D eigenvalue weighted by atomic mass is 10.3. The molecule has 8 heteroatoms. The highest BCUT2D eigenvalue weighted by molar-refractivity contribution is 7.89. The summed E-state index contributed by atoms with van der Waals surface area (Å²) in [7, 11) is -2.15. The molecule has 2 heterocycles. The van der Waals surface area contributed by atoms with Crippen LogP contribution in [0.2, 0.25) is 0 Å². The number of aromatic amines is 2. The SMILES string of the molecule is CN(Cc1ccoc1)S(=O)(=O)c1ccc2[nH]c(=O)[nH]c2c1. The van der Waals surface area contributed by atoms with Gasteiger partial charge in [-0.1, -0.05) is 0 Å². The van der Waals surface area contributed by atoms with E-state index in [4.69, 9.17) is 4.42 Å². The summed E-state index contributed by atoms with van der Waals surface area (Å²) in [4.78, 5) is 16.5. The van der Waals surface area contributed by atoms with Gasteiger partial charge in [-0.25, -0.2) is 13.2 Å². The molecule has 110 valence electrons. The van der Waals surface area contributed by atoms with E-state index in [2.05, 4.69) is 9.97 Å². The van der Waals surface area contributed by atoms with E-state index >= 15 is 0 Å². The van der Waals surface area contributed by atoms with Crippen LogP contribution in [0.15, 0.2) is 50.9 Å². The zero-order valence-corrected chi connectivity index (χ0v) is 12.0. The molecule has 0 spiro atoms. The predicted octanol–water partition coefficient (Wildman–Crippen LogP) is 1.27. The highest BCUT2D eigenvalue weighted by atomic mass is 32.2. The Morgan fingerprint density at radius 1 is 1.19 bits per heavy atom. The molecule has 0 saturated carbocycles. The van der Waals surface area contributed by atoms with E-state index in [-0.39, 0.29) is 17.1 Å². The lowest BCUT2D eigenvalue weighted by molar-refractivity contribution is 0.463. The number of hydrogen-bond acceptors (Lipinski definition) is 4. The van der Waals surface area contributed by atoms with Gasteiger partial charge in [0.25, 0.3) is 0 Å². The van der Waals surface area contributed by atoms with E-state index in [0.29, 0.717) is 11.0 Å². The number of benzene rings is 1. The van der Waals surface area contributed by atoms with Gasteiger partial charge in [-0.15, -0.1) is 0 Å². The van der Waals surface area contributed by atoms with Crippen LogP contribution < -0.4 is 5.69 Å². The number of imidazole rings is 1. The highest BCUT2D eigenvalue weighted by Gasteiger charge is 2.21. The smallest absolute Gasteiger partial charge is 0.323 e. The van der Waals surface area contributed by atoms with Crippen molar-refractivity contribution in [2.75, 3.05) is 7.05 Å². The maximum Gasteiger partial charge on any atom is 0.323 e. The van der Waals surface area contributed by atoms with Gasteiger partial charge in [-0.2, -0.15) is 4.31 Å². The van der Waals surface area contributed by atoms with Gasteiger partial charge in [0.2, 0.25) is 10.0 Å². The van der Waals surface area contributed by atoms with Gasteiger partial charge in [0.05, 0.1) is 28.5 Å². The van der Waals surface area contributed by atoms with Crippen molar-refractivity contribution in [3.05, 3.63) is 52.8 Å². The Hall–Kier alpha value is -2.32. The van der Waals surface area contributed by atoms with Crippen molar-refractivity contribution in [1.29, 1.82) is 0 Å². The topological polar surface area (TPSA) is 99.2 Å². The zero-order chi connectivity index (χ0) is 15.0. The van der Waals surface area contributed by atoms with Crippen LogP contribution >= 0.6 is 0 Å². The number of fused-ring (bicyclic) bond motifs is 1. The van der Waals surface area contributed by atoms with Crippen molar-refractivity contribution < 1.29 is 12.8 Å². The number of sulfonamides is 1. The Morgan fingerprint density at radius 2 is 1.95 bits per heavy atom. The molecule has 2 aromatic heterocycles. The number of hydrogen-bond donors (Lipinski definition) is 2. The summed E-state index contributed by atoms with van der Waals surface area (Å²) in [5.74, 6) is 0. The van der Waals surface area contributed by atoms with Crippen LogP contribution in [-0.4, -0.2) is 29.7 Å². The molecule has 0 atom stereocenters. The molecule has 0 radical (unpaired) electrons. The summed E-state index contributed by atoms with van der Waals surface area (Å²) in [6.07, 6.45) is 2.99. The molecule has 3 aromatic rings. The Morgan fingerprint density at radius 3 is 2.67 bits per heavy atom. The first-order valence-electron chi connectivity index (χ1n) is 6.16. The molecule has 0 aliphatic rings. The maximum absolute atomic E-state index is 12.5. The van der Waals surface area contributed by atoms with Crippen LogP contribution in [-0.2, 0) is 16.6 Å². The molecule has 0 aliphatic carbocycles. The molecule has 2 N–H and O–H groups in total. The maximum atomic E-state index is 12.5. The summed E-state index contributed by atoms with van der Waals surface area (Å²) in [6, 6.07) is 6.17. The number of nitrogens with one attached hydrogen (secondary N) is 2.